The Morgan fingerprint density at radius 3 is 2.81 bits per heavy atom. The van der Waals surface area contributed by atoms with Crippen LogP contribution in [0.5, 0.6) is 0 Å². The topological polar surface area (TPSA) is 69.5 Å². The van der Waals surface area contributed by atoms with Crippen LogP contribution in [0.1, 0.15) is 25.7 Å². The molecule has 0 spiro atoms. The summed E-state index contributed by atoms with van der Waals surface area (Å²) in [7, 11) is 0. The van der Waals surface area contributed by atoms with Gasteiger partial charge in [-0.2, -0.15) is 16.8 Å². The molecule has 6 nitrogen and oxygen atoms in total. The molecule has 0 saturated carbocycles. The Hall–Kier alpha value is -1.51. The average molecular weight is 394 g/mol. The second kappa shape index (κ2) is 8.67. The summed E-state index contributed by atoms with van der Waals surface area (Å²) < 4.78 is 31.0. The van der Waals surface area contributed by atoms with E-state index in [0.717, 1.165) is 45.5 Å². The van der Waals surface area contributed by atoms with Gasteiger partial charge in [-0.25, -0.2) is 9.38 Å². The molecule has 1 unspecified atom stereocenters. The molecule has 1 amide bonds. The van der Waals surface area contributed by atoms with Gasteiger partial charge >= 0.3 is 0 Å². The number of aliphatic imine (C=N–C) groups is 2. The quantitative estimate of drug-likeness (QED) is 0.693. The van der Waals surface area contributed by atoms with E-state index in [1.54, 1.807) is 17.8 Å². The number of fused-ring (bicyclic) bond motifs is 1. The minimum atomic E-state index is -1.03. The van der Waals surface area contributed by atoms with E-state index < -0.39 is 17.7 Å². The fraction of sp³-hybridized carbons (Fsp3) is 0.632. The van der Waals surface area contributed by atoms with Gasteiger partial charge in [-0.15, -0.1) is 0 Å². The predicted molar refractivity (Wildman–Crippen MR) is 102 cm³/mol. The first-order chi connectivity index (χ1) is 13.2. The lowest BCUT2D eigenvalue weighted by Crippen LogP contribution is -2.31. The Balaban J connectivity index is 1.41. The van der Waals surface area contributed by atoms with Crippen LogP contribution in [0.3, 0.4) is 0 Å². The third-order valence-electron chi connectivity index (χ3n) is 4.96. The van der Waals surface area contributed by atoms with E-state index in [9.17, 15) is 9.18 Å². The van der Waals surface area contributed by atoms with Crippen molar-refractivity contribution in [2.24, 2.45) is 15.9 Å². The molecule has 2 saturated heterocycles. The van der Waals surface area contributed by atoms with Crippen LogP contribution in [-0.2, 0) is 19.0 Å². The van der Waals surface area contributed by atoms with Crippen LogP contribution in [0.25, 0.3) is 0 Å². The van der Waals surface area contributed by atoms with Gasteiger partial charge in [0.1, 0.15) is 29.9 Å². The predicted octanol–water partition coefficient (Wildman–Crippen LogP) is 2.84. The molecule has 27 heavy (non-hydrogen) atoms. The average Bonchev–Trinajstić information content (AvgIpc) is 3.19. The zero-order valence-corrected chi connectivity index (χ0v) is 15.9. The molecule has 0 aromatic carbocycles. The maximum Gasteiger partial charge on any atom is 0.263 e. The lowest BCUT2D eigenvalue weighted by molar-refractivity contribution is -0.119. The molecule has 146 valence electrons. The maximum atomic E-state index is 14.4. The molecule has 2 atom stereocenters. The van der Waals surface area contributed by atoms with Gasteiger partial charge in [0, 0.05) is 37.2 Å². The fourth-order valence-corrected chi connectivity index (χ4v) is 4.53. The van der Waals surface area contributed by atoms with E-state index in [-0.39, 0.29) is 6.10 Å². The lowest BCUT2D eigenvalue weighted by Gasteiger charge is -2.24. The van der Waals surface area contributed by atoms with Gasteiger partial charge in [-0.3, -0.25) is 4.79 Å². The summed E-state index contributed by atoms with van der Waals surface area (Å²) in [6.45, 7) is 2.65. The number of nitrogens with zero attached hydrogens (tertiary/aromatic N) is 2. The number of amidine groups is 1. The Kier molecular flexibility index (Phi) is 6.04. The van der Waals surface area contributed by atoms with E-state index in [1.807, 2.05) is 0 Å². The number of hydrogen-bond donors (Lipinski definition) is 0. The smallest absolute Gasteiger partial charge is 0.263 e. The van der Waals surface area contributed by atoms with Crippen molar-refractivity contribution in [3.05, 3.63) is 23.7 Å². The van der Waals surface area contributed by atoms with Gasteiger partial charge in [0.2, 0.25) is 0 Å². The fourth-order valence-electron chi connectivity index (χ4n) is 3.49. The van der Waals surface area contributed by atoms with Crippen LogP contribution in [0.15, 0.2) is 33.7 Å². The number of ether oxygens (including phenoxy) is 3. The number of rotatable bonds is 6. The lowest BCUT2D eigenvalue weighted by atomic mass is 9.94. The molecule has 0 bridgehead atoms. The summed E-state index contributed by atoms with van der Waals surface area (Å²) in [6, 6.07) is 0. The first-order valence-electron chi connectivity index (χ1n) is 9.41. The summed E-state index contributed by atoms with van der Waals surface area (Å²) >= 11 is 1.73. The second-order valence-corrected chi connectivity index (χ2v) is 8.27. The minimum Gasteiger partial charge on any atom is -0.491 e. The Bertz CT molecular complexity index is 706. The third kappa shape index (κ3) is 4.67. The molecular formula is C19H23FN2O4S. The van der Waals surface area contributed by atoms with Crippen LogP contribution in [0.4, 0.5) is 4.39 Å². The van der Waals surface area contributed by atoms with Gasteiger partial charge in [0.05, 0.1) is 17.6 Å². The van der Waals surface area contributed by atoms with Crippen LogP contribution >= 0.6 is 11.8 Å². The van der Waals surface area contributed by atoms with Gasteiger partial charge in [0.15, 0.2) is 0 Å². The highest BCUT2D eigenvalue weighted by Gasteiger charge is 2.35. The number of hydrogen-bond acceptors (Lipinski definition) is 6. The van der Waals surface area contributed by atoms with Crippen molar-refractivity contribution in [1.82, 2.24) is 0 Å². The van der Waals surface area contributed by atoms with E-state index >= 15 is 0 Å². The van der Waals surface area contributed by atoms with Crippen molar-refractivity contribution < 1.29 is 23.4 Å². The molecule has 0 aromatic rings. The molecular weight excluding hydrogens is 371 g/mol. The maximum absolute atomic E-state index is 14.4. The van der Waals surface area contributed by atoms with Crippen LogP contribution < -0.4 is 0 Å². The Morgan fingerprint density at radius 2 is 2.04 bits per heavy atom. The molecule has 3 heterocycles. The second-order valence-electron chi connectivity index (χ2n) is 6.98. The number of halogens is 1. The van der Waals surface area contributed by atoms with Crippen LogP contribution in [0.2, 0.25) is 0 Å². The standard InChI is InChI=1S/C19H23FN2O4S/c20-15-8-13(26-10-12-2-1-5-25-12)9-16-18(15)19(23)22-17(21-16)11-27-14-3-6-24-7-4-14/h8-9,12,14,18H,1-7,10-11H2/t12-,18?/m1/s1. The van der Waals surface area contributed by atoms with Crippen molar-refractivity contribution in [2.45, 2.75) is 37.0 Å². The molecule has 1 aliphatic carbocycles. The first-order valence-corrected chi connectivity index (χ1v) is 10.5. The Morgan fingerprint density at radius 1 is 1.19 bits per heavy atom. The number of amides is 1. The van der Waals surface area contributed by atoms with Gasteiger partial charge in [0.25, 0.3) is 5.91 Å². The molecule has 3 aliphatic heterocycles. The largest absolute Gasteiger partial charge is 0.491 e. The highest BCUT2D eigenvalue weighted by atomic mass is 32.2. The number of carbonyl (C=O) groups excluding carboxylic acids is 1. The van der Waals surface area contributed by atoms with E-state index in [0.29, 0.717) is 34.9 Å². The normalized spacial score (nSPS) is 28.9. The molecule has 0 N–H and O–H groups in total. The van der Waals surface area contributed by atoms with E-state index in [2.05, 4.69) is 9.98 Å². The first kappa shape index (κ1) is 18.8. The van der Waals surface area contributed by atoms with Crippen molar-refractivity contribution in [2.75, 3.05) is 32.2 Å². The summed E-state index contributed by atoms with van der Waals surface area (Å²) in [4.78, 5) is 20.8. The van der Waals surface area contributed by atoms with Crippen LogP contribution in [0, 0.1) is 5.92 Å². The number of allylic oxidation sites excluding steroid dienone is 2. The molecule has 0 radical (unpaired) electrons. The van der Waals surface area contributed by atoms with E-state index in [4.69, 9.17) is 14.2 Å². The highest BCUT2D eigenvalue weighted by molar-refractivity contribution is 8.00. The van der Waals surface area contributed by atoms with Gasteiger partial charge in [-0.05, 0) is 25.7 Å². The van der Waals surface area contributed by atoms with E-state index in [1.165, 1.54) is 6.08 Å². The minimum absolute atomic E-state index is 0.0445. The number of thioether (sulfide) groups is 1. The third-order valence-corrected chi connectivity index (χ3v) is 6.33. The van der Waals surface area contributed by atoms with Crippen molar-refractivity contribution in [1.29, 1.82) is 0 Å². The molecule has 2 fully saturated rings. The van der Waals surface area contributed by atoms with Crippen LogP contribution in [-0.4, -0.2) is 61.0 Å². The van der Waals surface area contributed by atoms with Crippen molar-refractivity contribution >= 4 is 29.2 Å². The Labute approximate surface area is 161 Å². The molecule has 0 aromatic heterocycles. The monoisotopic (exact) mass is 394 g/mol. The summed E-state index contributed by atoms with van der Waals surface area (Å²) in [6.07, 6.45) is 6.89. The molecule has 4 rings (SSSR count). The summed E-state index contributed by atoms with van der Waals surface area (Å²) in [5.74, 6) is -0.722. The summed E-state index contributed by atoms with van der Waals surface area (Å²) in [5.41, 5.74) is 0.375. The van der Waals surface area contributed by atoms with Gasteiger partial charge in [-0.1, -0.05) is 0 Å². The van der Waals surface area contributed by atoms with Crippen molar-refractivity contribution in [3.63, 3.8) is 0 Å². The highest BCUT2D eigenvalue weighted by Crippen LogP contribution is 2.29. The zero-order chi connectivity index (χ0) is 18.6. The molecule has 8 heteroatoms. The van der Waals surface area contributed by atoms with Gasteiger partial charge < -0.3 is 14.2 Å². The summed E-state index contributed by atoms with van der Waals surface area (Å²) in [5, 5.41) is 0.485. The zero-order valence-electron chi connectivity index (χ0n) is 15.1. The molecule has 4 aliphatic rings. The number of carbonyl (C=O) groups is 1. The van der Waals surface area contributed by atoms with Crippen molar-refractivity contribution in [3.8, 4) is 0 Å². The SMILES string of the molecule is O=C1N=C(CSC2CCOCC2)N=C2C=C(OC[C@H]3CCCO3)C=C(F)C12.